The number of aliphatic carboxylic acids is 1. The van der Waals surface area contributed by atoms with Crippen LogP contribution in [0.2, 0.25) is 4.34 Å². The van der Waals surface area contributed by atoms with E-state index < -0.39 is 24.3 Å². The fraction of sp³-hybridized carbons (Fsp3) is 0.435. The number of nitrogens with zero attached hydrogens (tertiary/aromatic N) is 4. The van der Waals surface area contributed by atoms with Crippen LogP contribution in [0.4, 0.5) is 0 Å². The van der Waals surface area contributed by atoms with Crippen LogP contribution in [0.1, 0.15) is 53.4 Å². The molecule has 2 amide bonds. The fourth-order valence-electron chi connectivity index (χ4n) is 4.00. The van der Waals surface area contributed by atoms with Crippen molar-refractivity contribution in [3.05, 3.63) is 45.7 Å². The monoisotopic (exact) mass is 534 g/mol. The maximum absolute atomic E-state index is 13.0. The lowest BCUT2D eigenvalue weighted by atomic mass is 10.0. The molecule has 1 fully saturated rings. The minimum absolute atomic E-state index is 0.0117. The lowest BCUT2D eigenvalue weighted by Gasteiger charge is -2.34. The van der Waals surface area contributed by atoms with Gasteiger partial charge in [0, 0.05) is 37.3 Å². The number of thiophene rings is 1. The van der Waals surface area contributed by atoms with Gasteiger partial charge < -0.3 is 25.2 Å². The highest BCUT2D eigenvalue weighted by Crippen LogP contribution is 2.31. The number of amides is 2. The molecular formula is C23H27ClN6O5S. The molecule has 4 heterocycles. The van der Waals surface area contributed by atoms with Gasteiger partial charge in [-0.15, -0.1) is 11.3 Å². The minimum Gasteiger partial charge on any atom is -0.480 e. The molecule has 13 heteroatoms. The van der Waals surface area contributed by atoms with Gasteiger partial charge in [-0.3, -0.25) is 19.1 Å². The second-order valence-electron chi connectivity index (χ2n) is 8.81. The summed E-state index contributed by atoms with van der Waals surface area (Å²) in [6.07, 6.45) is 1.65. The summed E-state index contributed by atoms with van der Waals surface area (Å²) in [6, 6.07) is 7.08. The lowest BCUT2D eigenvalue weighted by molar-refractivity contribution is -0.135. The third kappa shape index (κ3) is 6.31. The number of piperidine rings is 1. The van der Waals surface area contributed by atoms with Crippen LogP contribution >= 0.6 is 22.9 Å². The summed E-state index contributed by atoms with van der Waals surface area (Å²) in [7, 11) is 0. The first-order valence-corrected chi connectivity index (χ1v) is 12.7. The Bertz CT molecular complexity index is 1240. The first-order chi connectivity index (χ1) is 17.2. The molecule has 0 spiro atoms. The topological polar surface area (TPSA) is 143 Å². The van der Waals surface area contributed by atoms with E-state index in [1.54, 1.807) is 12.1 Å². The molecule has 0 atom stereocenters. The number of carboxylic acids is 1. The van der Waals surface area contributed by atoms with Crippen molar-refractivity contribution in [3.8, 4) is 10.6 Å². The summed E-state index contributed by atoms with van der Waals surface area (Å²) < 4.78 is 7.32. The number of halogens is 1. The number of carbonyl (C=O) groups excluding carboxylic acids is 2. The van der Waals surface area contributed by atoms with Gasteiger partial charge in [0.1, 0.15) is 17.9 Å². The van der Waals surface area contributed by atoms with Gasteiger partial charge in [0.15, 0.2) is 11.5 Å². The maximum atomic E-state index is 13.0. The number of likely N-dealkylation sites (tertiary alicyclic amines) is 1. The average molecular weight is 535 g/mol. The predicted octanol–water partition coefficient (Wildman–Crippen LogP) is 2.72. The maximum Gasteiger partial charge on any atom is 0.322 e. The number of hydrogen-bond donors (Lipinski definition) is 3. The van der Waals surface area contributed by atoms with Crippen molar-refractivity contribution in [1.82, 2.24) is 30.5 Å². The Morgan fingerprint density at radius 3 is 2.61 bits per heavy atom. The van der Waals surface area contributed by atoms with Gasteiger partial charge in [0.2, 0.25) is 0 Å². The highest BCUT2D eigenvalue weighted by molar-refractivity contribution is 7.19. The van der Waals surface area contributed by atoms with E-state index >= 15 is 0 Å². The standard InChI is InChI=1S/C23H27ClN6O5S/c1-13(2)29-7-5-14(6-8-29)26-22(33)16-10-17(23(34)25-11-21(31)32)30(27-16)12-15-9-18(35-28-15)19-3-4-20(24)36-19/h3-4,9-10,13-14H,5-8,11-12H2,1-2H3,(H,25,34)(H,26,33)(H,31,32). The summed E-state index contributed by atoms with van der Waals surface area (Å²) in [5, 5.41) is 22.6. The van der Waals surface area contributed by atoms with Crippen LogP contribution in [0.15, 0.2) is 28.8 Å². The smallest absolute Gasteiger partial charge is 0.322 e. The van der Waals surface area contributed by atoms with Gasteiger partial charge in [-0.05, 0) is 38.8 Å². The molecule has 0 radical (unpaired) electrons. The van der Waals surface area contributed by atoms with Crippen LogP contribution in [0, 0.1) is 0 Å². The van der Waals surface area contributed by atoms with E-state index in [0.29, 0.717) is 21.8 Å². The quantitative estimate of drug-likeness (QED) is 0.380. The zero-order valence-electron chi connectivity index (χ0n) is 19.9. The highest BCUT2D eigenvalue weighted by atomic mass is 35.5. The largest absolute Gasteiger partial charge is 0.480 e. The van der Waals surface area contributed by atoms with Gasteiger partial charge in [0.25, 0.3) is 11.8 Å². The van der Waals surface area contributed by atoms with E-state index in [-0.39, 0.29) is 24.0 Å². The van der Waals surface area contributed by atoms with Crippen LogP contribution in [0.3, 0.4) is 0 Å². The van der Waals surface area contributed by atoms with Crippen LogP contribution in [0.5, 0.6) is 0 Å². The van der Waals surface area contributed by atoms with E-state index in [1.807, 2.05) is 6.07 Å². The van der Waals surface area contributed by atoms with Crippen LogP contribution in [0.25, 0.3) is 10.6 Å². The predicted molar refractivity (Wildman–Crippen MR) is 133 cm³/mol. The third-order valence-corrected chi connectivity index (χ3v) is 7.17. The third-order valence-electron chi connectivity index (χ3n) is 5.93. The van der Waals surface area contributed by atoms with Crippen LogP contribution < -0.4 is 10.6 Å². The van der Waals surface area contributed by atoms with Crippen molar-refractivity contribution in [1.29, 1.82) is 0 Å². The van der Waals surface area contributed by atoms with Gasteiger partial charge in [-0.25, -0.2) is 0 Å². The molecule has 4 rings (SSSR count). The number of carbonyl (C=O) groups is 3. The normalized spacial score (nSPS) is 14.8. The molecule has 0 aromatic carbocycles. The summed E-state index contributed by atoms with van der Waals surface area (Å²) in [5.74, 6) is -1.73. The zero-order valence-corrected chi connectivity index (χ0v) is 21.4. The van der Waals surface area contributed by atoms with E-state index in [2.05, 4.69) is 39.6 Å². The number of rotatable bonds is 9. The Labute approximate surface area is 216 Å². The summed E-state index contributed by atoms with van der Waals surface area (Å²) in [5.41, 5.74) is 0.577. The van der Waals surface area contributed by atoms with E-state index in [0.717, 1.165) is 30.8 Å². The van der Waals surface area contributed by atoms with Gasteiger partial charge >= 0.3 is 5.97 Å². The molecule has 3 aromatic heterocycles. The minimum atomic E-state index is -1.18. The first kappa shape index (κ1) is 25.9. The van der Waals surface area contributed by atoms with Crippen molar-refractivity contribution in [2.45, 2.75) is 45.3 Å². The number of carboxylic acid groups (broad SMARTS) is 1. The Kier molecular flexibility index (Phi) is 8.07. The summed E-state index contributed by atoms with van der Waals surface area (Å²) in [6.45, 7) is 5.56. The molecule has 0 unspecified atom stereocenters. The van der Waals surface area contributed by atoms with Crippen molar-refractivity contribution < 1.29 is 24.0 Å². The van der Waals surface area contributed by atoms with Crippen molar-refractivity contribution in [2.24, 2.45) is 0 Å². The van der Waals surface area contributed by atoms with Gasteiger partial charge in [-0.1, -0.05) is 16.8 Å². The lowest BCUT2D eigenvalue weighted by Crippen LogP contribution is -2.46. The molecule has 3 N–H and O–H groups in total. The summed E-state index contributed by atoms with van der Waals surface area (Å²) in [4.78, 5) is 39.7. The molecule has 11 nitrogen and oxygen atoms in total. The Hall–Kier alpha value is -3.22. The van der Waals surface area contributed by atoms with Crippen molar-refractivity contribution in [3.63, 3.8) is 0 Å². The molecule has 0 aliphatic carbocycles. The molecule has 3 aromatic rings. The van der Waals surface area contributed by atoms with E-state index in [1.165, 1.54) is 22.1 Å². The number of nitrogens with one attached hydrogen (secondary N) is 2. The Morgan fingerprint density at radius 1 is 1.22 bits per heavy atom. The van der Waals surface area contributed by atoms with E-state index in [4.69, 9.17) is 21.2 Å². The van der Waals surface area contributed by atoms with Gasteiger partial charge in [0.05, 0.1) is 15.8 Å². The second kappa shape index (κ2) is 11.2. The summed E-state index contributed by atoms with van der Waals surface area (Å²) >= 11 is 7.33. The molecule has 36 heavy (non-hydrogen) atoms. The highest BCUT2D eigenvalue weighted by Gasteiger charge is 2.25. The van der Waals surface area contributed by atoms with Crippen molar-refractivity contribution in [2.75, 3.05) is 19.6 Å². The van der Waals surface area contributed by atoms with Gasteiger partial charge in [-0.2, -0.15) is 5.10 Å². The molecule has 1 saturated heterocycles. The first-order valence-electron chi connectivity index (χ1n) is 11.5. The van der Waals surface area contributed by atoms with E-state index in [9.17, 15) is 14.4 Å². The zero-order chi connectivity index (χ0) is 25.8. The molecule has 192 valence electrons. The molecule has 0 saturated carbocycles. The molecule has 1 aliphatic rings. The second-order valence-corrected chi connectivity index (χ2v) is 10.5. The fourth-order valence-corrected chi connectivity index (χ4v) is 4.99. The van der Waals surface area contributed by atoms with Crippen LogP contribution in [-0.2, 0) is 11.3 Å². The molecular weight excluding hydrogens is 508 g/mol. The average Bonchev–Trinajstić information content (AvgIpc) is 3.58. The number of hydrogen-bond acceptors (Lipinski definition) is 8. The number of aromatic nitrogens is 3. The Morgan fingerprint density at radius 2 is 1.97 bits per heavy atom. The SMILES string of the molecule is CC(C)N1CCC(NC(=O)c2cc(C(=O)NCC(=O)O)n(Cc3cc(-c4ccc(Cl)s4)on3)n2)CC1. The van der Waals surface area contributed by atoms with Crippen molar-refractivity contribution >= 4 is 40.7 Å². The Balaban J connectivity index is 1.50. The van der Waals surface area contributed by atoms with Crippen LogP contribution in [-0.4, -0.2) is 74.4 Å². The molecule has 0 bridgehead atoms. The molecule has 1 aliphatic heterocycles.